The van der Waals surface area contributed by atoms with Crippen molar-refractivity contribution in [1.82, 2.24) is 9.80 Å². The Hall–Kier alpha value is -2.11. The molecule has 26 heavy (non-hydrogen) atoms. The first-order valence-electron chi connectivity index (χ1n) is 9.46. The molecule has 1 aromatic rings. The molecule has 142 valence electrons. The van der Waals surface area contributed by atoms with Gasteiger partial charge >= 0.3 is 6.09 Å². The van der Waals surface area contributed by atoms with Crippen molar-refractivity contribution in [3.05, 3.63) is 35.6 Å². The number of hydrogen-bond acceptors (Lipinski definition) is 3. The van der Waals surface area contributed by atoms with E-state index in [0.29, 0.717) is 18.9 Å². The van der Waals surface area contributed by atoms with Crippen molar-refractivity contribution in [2.45, 2.75) is 44.6 Å². The molecule has 2 aliphatic rings. The molecule has 1 atom stereocenters. The van der Waals surface area contributed by atoms with Crippen molar-refractivity contribution in [2.75, 3.05) is 26.7 Å². The first-order valence-corrected chi connectivity index (χ1v) is 9.46. The number of carbonyl (C=O) groups is 2. The highest BCUT2D eigenvalue weighted by molar-refractivity contribution is 5.86. The quantitative estimate of drug-likeness (QED) is 0.829. The van der Waals surface area contributed by atoms with Crippen LogP contribution in [0.15, 0.2) is 24.3 Å². The maximum Gasteiger partial charge on any atom is 0.410 e. The molecule has 0 aromatic heterocycles. The highest BCUT2D eigenvalue weighted by Gasteiger charge is 2.36. The number of likely N-dealkylation sites (tertiary alicyclic amines) is 2. The average molecular weight is 362 g/mol. The summed E-state index contributed by atoms with van der Waals surface area (Å²) in [5.41, 5.74) is 1.14. The van der Waals surface area contributed by atoms with Gasteiger partial charge in [0.2, 0.25) is 5.91 Å². The van der Waals surface area contributed by atoms with E-state index in [1.165, 1.54) is 19.2 Å². The van der Waals surface area contributed by atoms with Crippen LogP contribution in [-0.2, 0) is 16.0 Å². The monoisotopic (exact) mass is 362 g/mol. The molecule has 2 heterocycles. The highest BCUT2D eigenvalue weighted by Crippen LogP contribution is 2.25. The lowest BCUT2D eigenvalue weighted by atomic mass is 9.89. The molecule has 0 spiro atoms. The van der Waals surface area contributed by atoms with Gasteiger partial charge in [-0.1, -0.05) is 12.1 Å². The van der Waals surface area contributed by atoms with Gasteiger partial charge in [0.1, 0.15) is 11.9 Å². The zero-order valence-electron chi connectivity index (χ0n) is 15.3. The first kappa shape index (κ1) is 18.7. The molecule has 0 radical (unpaired) electrons. The standard InChI is InChI=1S/C20H27FN2O3/c1-26-20(25)23-11-3-2-4-18(23)19(24)22-12-9-16(10-13-22)14-15-5-7-17(21)8-6-15/h5-8,16,18H,2-4,9-14H2,1H3/t18-/m0/s1. The van der Waals surface area contributed by atoms with Crippen LogP contribution in [-0.4, -0.2) is 54.6 Å². The van der Waals surface area contributed by atoms with E-state index in [9.17, 15) is 14.0 Å². The number of methoxy groups -OCH3 is 1. The summed E-state index contributed by atoms with van der Waals surface area (Å²) < 4.78 is 17.9. The minimum absolute atomic E-state index is 0.0512. The fourth-order valence-corrected chi connectivity index (χ4v) is 4.05. The van der Waals surface area contributed by atoms with E-state index in [4.69, 9.17) is 4.74 Å². The summed E-state index contributed by atoms with van der Waals surface area (Å²) in [6, 6.07) is 6.29. The number of hydrogen-bond donors (Lipinski definition) is 0. The van der Waals surface area contributed by atoms with Crippen LogP contribution in [0.5, 0.6) is 0 Å². The van der Waals surface area contributed by atoms with Crippen LogP contribution in [0.25, 0.3) is 0 Å². The Morgan fingerprint density at radius 1 is 1.08 bits per heavy atom. The number of halogens is 1. The number of benzene rings is 1. The Bertz CT molecular complexity index is 626. The van der Waals surface area contributed by atoms with Gasteiger partial charge in [0.05, 0.1) is 7.11 Å². The second kappa shape index (κ2) is 8.52. The number of piperidine rings is 2. The van der Waals surface area contributed by atoms with Gasteiger partial charge in [-0.3, -0.25) is 9.69 Å². The van der Waals surface area contributed by atoms with Crippen molar-refractivity contribution in [3.8, 4) is 0 Å². The number of nitrogens with zero attached hydrogens (tertiary/aromatic N) is 2. The van der Waals surface area contributed by atoms with Crippen molar-refractivity contribution >= 4 is 12.0 Å². The smallest absolute Gasteiger partial charge is 0.410 e. The molecule has 2 saturated heterocycles. The molecule has 0 N–H and O–H groups in total. The van der Waals surface area contributed by atoms with Crippen molar-refractivity contribution < 1.29 is 18.7 Å². The largest absolute Gasteiger partial charge is 0.453 e. The van der Waals surface area contributed by atoms with Crippen molar-refractivity contribution in [2.24, 2.45) is 5.92 Å². The number of ether oxygens (including phenoxy) is 1. The lowest BCUT2D eigenvalue weighted by Gasteiger charge is -2.39. The molecule has 1 aromatic carbocycles. The summed E-state index contributed by atoms with van der Waals surface area (Å²) in [7, 11) is 1.36. The summed E-state index contributed by atoms with van der Waals surface area (Å²) >= 11 is 0. The van der Waals surface area contributed by atoms with E-state index in [-0.39, 0.29) is 17.8 Å². The number of amides is 2. The van der Waals surface area contributed by atoms with Crippen LogP contribution in [0.1, 0.15) is 37.7 Å². The van der Waals surface area contributed by atoms with Crippen LogP contribution < -0.4 is 0 Å². The summed E-state index contributed by atoms with van der Waals surface area (Å²) in [6.07, 6.45) is 4.98. The summed E-state index contributed by atoms with van der Waals surface area (Å²) in [5.74, 6) is 0.347. The van der Waals surface area contributed by atoms with Gasteiger partial charge in [0.15, 0.2) is 0 Å². The third-order valence-electron chi connectivity index (χ3n) is 5.56. The van der Waals surface area contributed by atoms with Crippen LogP contribution in [0.4, 0.5) is 9.18 Å². The van der Waals surface area contributed by atoms with E-state index in [1.54, 1.807) is 4.90 Å². The molecule has 0 bridgehead atoms. The number of carbonyl (C=O) groups excluding carboxylic acids is 2. The summed E-state index contributed by atoms with van der Waals surface area (Å²) in [5, 5.41) is 0. The molecule has 6 heteroatoms. The Kier molecular flexibility index (Phi) is 6.12. The van der Waals surface area contributed by atoms with Crippen molar-refractivity contribution in [1.29, 1.82) is 0 Å². The van der Waals surface area contributed by atoms with Gasteiger partial charge in [-0.25, -0.2) is 9.18 Å². The molecule has 3 rings (SSSR count). The van der Waals surface area contributed by atoms with E-state index in [2.05, 4.69) is 0 Å². The molecule has 2 fully saturated rings. The maximum absolute atomic E-state index is 13.0. The van der Waals surface area contributed by atoms with E-state index < -0.39 is 6.09 Å². The molecule has 2 amide bonds. The Morgan fingerprint density at radius 2 is 1.77 bits per heavy atom. The lowest BCUT2D eigenvalue weighted by Crippen LogP contribution is -2.54. The van der Waals surface area contributed by atoms with Gasteiger partial charge in [0, 0.05) is 19.6 Å². The number of rotatable bonds is 3. The van der Waals surface area contributed by atoms with Gasteiger partial charge in [-0.15, -0.1) is 0 Å². The Labute approximate surface area is 154 Å². The molecule has 0 unspecified atom stereocenters. The molecule has 0 saturated carbocycles. The third-order valence-corrected chi connectivity index (χ3v) is 5.56. The Morgan fingerprint density at radius 3 is 2.42 bits per heavy atom. The van der Waals surface area contributed by atoms with Gasteiger partial charge < -0.3 is 9.64 Å². The highest BCUT2D eigenvalue weighted by atomic mass is 19.1. The molecule has 0 aliphatic carbocycles. The zero-order chi connectivity index (χ0) is 18.5. The fraction of sp³-hybridized carbons (Fsp3) is 0.600. The van der Waals surface area contributed by atoms with Gasteiger partial charge in [-0.2, -0.15) is 0 Å². The molecule has 2 aliphatic heterocycles. The normalized spacial score (nSPS) is 21.5. The van der Waals surface area contributed by atoms with Gasteiger partial charge in [-0.05, 0) is 62.1 Å². The minimum Gasteiger partial charge on any atom is -0.453 e. The average Bonchev–Trinajstić information content (AvgIpc) is 2.69. The molecular formula is C20H27FN2O3. The summed E-state index contributed by atoms with van der Waals surface area (Å²) in [6.45, 7) is 2.02. The zero-order valence-corrected chi connectivity index (χ0v) is 15.3. The van der Waals surface area contributed by atoms with E-state index >= 15 is 0 Å². The second-order valence-corrected chi connectivity index (χ2v) is 7.27. The van der Waals surface area contributed by atoms with Crippen LogP contribution in [0.2, 0.25) is 0 Å². The van der Waals surface area contributed by atoms with Gasteiger partial charge in [0.25, 0.3) is 0 Å². The van der Waals surface area contributed by atoms with Crippen LogP contribution >= 0.6 is 0 Å². The predicted molar refractivity (Wildman–Crippen MR) is 96.2 cm³/mol. The van der Waals surface area contributed by atoms with Crippen LogP contribution in [0.3, 0.4) is 0 Å². The third kappa shape index (κ3) is 4.34. The minimum atomic E-state index is -0.408. The van der Waals surface area contributed by atoms with Crippen molar-refractivity contribution in [3.63, 3.8) is 0 Å². The topological polar surface area (TPSA) is 49.9 Å². The maximum atomic E-state index is 13.0. The molecule has 5 nitrogen and oxygen atoms in total. The summed E-state index contributed by atoms with van der Waals surface area (Å²) in [4.78, 5) is 28.3. The fourth-order valence-electron chi connectivity index (χ4n) is 4.05. The SMILES string of the molecule is COC(=O)N1CCCC[C@H]1C(=O)N1CCC(Cc2ccc(F)cc2)CC1. The molecular weight excluding hydrogens is 335 g/mol. The lowest BCUT2D eigenvalue weighted by molar-refractivity contribution is -0.139. The predicted octanol–water partition coefficient (Wildman–Crippen LogP) is 3.23. The first-order chi connectivity index (χ1) is 12.6. The van der Waals surface area contributed by atoms with E-state index in [1.807, 2.05) is 17.0 Å². The Balaban J connectivity index is 1.54. The van der Waals surface area contributed by atoms with Crippen LogP contribution in [0, 0.1) is 11.7 Å². The van der Waals surface area contributed by atoms with E-state index in [0.717, 1.165) is 50.8 Å². The second-order valence-electron chi connectivity index (χ2n) is 7.27.